The molecule has 0 spiro atoms. The third-order valence-electron chi connectivity index (χ3n) is 3.95. The quantitative estimate of drug-likeness (QED) is 0.702. The summed E-state index contributed by atoms with van der Waals surface area (Å²) in [5, 5.41) is 2.79. The summed E-state index contributed by atoms with van der Waals surface area (Å²) in [6, 6.07) is 15.0. The number of methoxy groups -OCH3 is 1. The fraction of sp³-hybridized carbons (Fsp3) is 0.316. The van der Waals surface area contributed by atoms with Gasteiger partial charge in [-0.15, -0.1) is 0 Å². The number of rotatable bonds is 9. The van der Waals surface area contributed by atoms with Gasteiger partial charge in [-0.3, -0.25) is 4.79 Å². The molecule has 0 aliphatic rings. The number of ether oxygens (including phenoxy) is 1. The minimum Gasteiger partial charge on any atom is -0.497 e. The van der Waals surface area contributed by atoms with Gasteiger partial charge in [-0.05, 0) is 42.7 Å². The lowest BCUT2D eigenvalue weighted by atomic mass is 10.1. The smallest absolute Gasteiger partial charge is 0.241 e. The third-order valence-corrected chi connectivity index (χ3v) is 5.44. The van der Waals surface area contributed by atoms with Crippen LogP contribution >= 0.6 is 0 Å². The second-order valence-electron chi connectivity index (χ2n) is 5.78. The van der Waals surface area contributed by atoms with Crippen LogP contribution in [0.4, 0.5) is 0 Å². The molecule has 2 aromatic carbocycles. The van der Waals surface area contributed by atoms with E-state index >= 15 is 0 Å². The van der Waals surface area contributed by atoms with E-state index in [9.17, 15) is 13.2 Å². The average Bonchev–Trinajstić information content (AvgIpc) is 2.67. The summed E-state index contributed by atoms with van der Waals surface area (Å²) in [5.74, 6) is 0.232. The van der Waals surface area contributed by atoms with Crippen molar-refractivity contribution in [3.63, 3.8) is 0 Å². The summed E-state index contributed by atoms with van der Waals surface area (Å²) >= 11 is 0. The van der Waals surface area contributed by atoms with Crippen LogP contribution in [0.2, 0.25) is 0 Å². The van der Waals surface area contributed by atoms with E-state index in [-0.39, 0.29) is 10.8 Å². The Labute approximate surface area is 154 Å². The van der Waals surface area contributed by atoms with E-state index in [1.165, 1.54) is 19.2 Å². The lowest BCUT2D eigenvalue weighted by Gasteiger charge is -2.17. The first kappa shape index (κ1) is 19.9. The molecule has 0 radical (unpaired) electrons. The van der Waals surface area contributed by atoms with Crippen LogP contribution in [0, 0.1) is 0 Å². The number of amides is 1. The largest absolute Gasteiger partial charge is 0.497 e. The monoisotopic (exact) mass is 376 g/mol. The van der Waals surface area contributed by atoms with E-state index in [0.29, 0.717) is 25.1 Å². The number of hydrogen-bond donors (Lipinski definition) is 2. The van der Waals surface area contributed by atoms with Gasteiger partial charge in [-0.2, -0.15) is 4.72 Å². The zero-order chi connectivity index (χ0) is 19.0. The number of sulfonamides is 1. The van der Waals surface area contributed by atoms with Gasteiger partial charge in [0.2, 0.25) is 15.9 Å². The number of hydrogen-bond acceptors (Lipinski definition) is 4. The molecule has 7 heteroatoms. The van der Waals surface area contributed by atoms with E-state index in [1.807, 2.05) is 30.3 Å². The van der Waals surface area contributed by atoms with Gasteiger partial charge in [0, 0.05) is 6.54 Å². The average molecular weight is 376 g/mol. The summed E-state index contributed by atoms with van der Waals surface area (Å²) in [7, 11) is -2.28. The molecule has 0 heterocycles. The predicted molar refractivity (Wildman–Crippen MR) is 101 cm³/mol. The first-order valence-electron chi connectivity index (χ1n) is 8.44. The Bertz CT molecular complexity index is 805. The highest BCUT2D eigenvalue weighted by molar-refractivity contribution is 7.89. The minimum absolute atomic E-state index is 0.0915. The Morgan fingerprint density at radius 3 is 2.31 bits per heavy atom. The van der Waals surface area contributed by atoms with Gasteiger partial charge >= 0.3 is 0 Å². The van der Waals surface area contributed by atoms with Gasteiger partial charge < -0.3 is 10.1 Å². The maximum atomic E-state index is 12.5. The molecule has 0 fully saturated rings. The fourth-order valence-electron chi connectivity index (χ4n) is 2.43. The lowest BCUT2D eigenvalue weighted by Crippen LogP contribution is -2.46. The minimum atomic E-state index is -3.79. The van der Waals surface area contributed by atoms with Crippen molar-refractivity contribution in [3.8, 4) is 5.75 Å². The van der Waals surface area contributed by atoms with Crippen LogP contribution in [0.25, 0.3) is 0 Å². The van der Waals surface area contributed by atoms with Crippen molar-refractivity contribution in [1.29, 1.82) is 0 Å². The zero-order valence-electron chi connectivity index (χ0n) is 14.9. The summed E-state index contributed by atoms with van der Waals surface area (Å²) in [6.45, 7) is 2.21. The number of carbonyl (C=O) groups excluding carboxylic acids is 1. The molecule has 0 saturated heterocycles. The van der Waals surface area contributed by atoms with E-state index in [0.717, 1.165) is 5.56 Å². The standard InChI is InChI=1S/C19H24N2O4S/c1-3-18(19(22)20-14-13-15-7-5-4-6-8-15)21-26(23,24)17-11-9-16(25-2)10-12-17/h4-12,18,21H,3,13-14H2,1-2H3,(H,20,22)/t18-/m0/s1. The van der Waals surface area contributed by atoms with Crippen molar-refractivity contribution in [3.05, 3.63) is 60.2 Å². The molecule has 1 atom stereocenters. The van der Waals surface area contributed by atoms with Gasteiger partial charge in [0.15, 0.2) is 0 Å². The molecule has 1 amide bonds. The van der Waals surface area contributed by atoms with Crippen molar-refractivity contribution in [2.24, 2.45) is 0 Å². The van der Waals surface area contributed by atoms with Gasteiger partial charge in [-0.1, -0.05) is 37.3 Å². The Balaban J connectivity index is 1.94. The molecular weight excluding hydrogens is 352 g/mol. The molecule has 2 N–H and O–H groups in total. The van der Waals surface area contributed by atoms with Crippen LogP contribution in [0.1, 0.15) is 18.9 Å². The van der Waals surface area contributed by atoms with Gasteiger partial charge in [0.05, 0.1) is 12.0 Å². The van der Waals surface area contributed by atoms with Gasteiger partial charge in [-0.25, -0.2) is 8.42 Å². The SMILES string of the molecule is CC[C@H](NS(=O)(=O)c1ccc(OC)cc1)C(=O)NCCc1ccccc1. The number of nitrogens with one attached hydrogen (secondary N) is 2. The summed E-state index contributed by atoms with van der Waals surface area (Å²) in [5.41, 5.74) is 1.11. The molecule has 0 unspecified atom stereocenters. The van der Waals surface area contributed by atoms with Crippen LogP contribution < -0.4 is 14.8 Å². The van der Waals surface area contributed by atoms with Crippen LogP contribution in [0.5, 0.6) is 5.75 Å². The van der Waals surface area contributed by atoms with Crippen molar-refractivity contribution in [2.45, 2.75) is 30.7 Å². The topological polar surface area (TPSA) is 84.5 Å². The Kier molecular flexibility index (Phi) is 7.17. The van der Waals surface area contributed by atoms with E-state index < -0.39 is 16.1 Å². The number of benzene rings is 2. The van der Waals surface area contributed by atoms with Crippen molar-refractivity contribution in [2.75, 3.05) is 13.7 Å². The molecule has 2 rings (SSSR count). The number of carbonyl (C=O) groups is 1. The van der Waals surface area contributed by atoms with Crippen LogP contribution in [-0.4, -0.2) is 34.0 Å². The molecule has 140 valence electrons. The molecule has 2 aromatic rings. The first-order valence-corrected chi connectivity index (χ1v) is 9.92. The fourth-order valence-corrected chi connectivity index (χ4v) is 3.71. The highest BCUT2D eigenvalue weighted by Gasteiger charge is 2.24. The van der Waals surface area contributed by atoms with Crippen LogP contribution in [-0.2, 0) is 21.2 Å². The maximum absolute atomic E-state index is 12.5. The molecule has 0 aliphatic heterocycles. The van der Waals surface area contributed by atoms with Crippen LogP contribution in [0.3, 0.4) is 0 Å². The summed E-state index contributed by atoms with van der Waals surface area (Å²) < 4.78 is 32.4. The molecule has 6 nitrogen and oxygen atoms in total. The molecule has 0 aliphatic carbocycles. The second-order valence-corrected chi connectivity index (χ2v) is 7.50. The van der Waals surface area contributed by atoms with E-state index in [1.54, 1.807) is 19.1 Å². The third kappa shape index (κ3) is 5.57. The van der Waals surface area contributed by atoms with E-state index in [2.05, 4.69) is 10.0 Å². The predicted octanol–water partition coefficient (Wildman–Crippen LogP) is 2.11. The van der Waals surface area contributed by atoms with Gasteiger partial charge in [0.1, 0.15) is 11.8 Å². The van der Waals surface area contributed by atoms with Gasteiger partial charge in [0.25, 0.3) is 0 Å². The van der Waals surface area contributed by atoms with Crippen molar-refractivity contribution < 1.29 is 17.9 Å². The lowest BCUT2D eigenvalue weighted by molar-refractivity contribution is -0.122. The molecule has 26 heavy (non-hydrogen) atoms. The molecule has 0 bridgehead atoms. The zero-order valence-corrected chi connectivity index (χ0v) is 15.8. The van der Waals surface area contributed by atoms with Crippen molar-refractivity contribution in [1.82, 2.24) is 10.0 Å². The summed E-state index contributed by atoms with van der Waals surface area (Å²) in [4.78, 5) is 12.4. The Hall–Kier alpha value is -2.38. The maximum Gasteiger partial charge on any atom is 0.241 e. The molecule has 0 saturated carbocycles. The molecule has 0 aromatic heterocycles. The second kappa shape index (κ2) is 9.35. The highest BCUT2D eigenvalue weighted by Crippen LogP contribution is 2.16. The molecular formula is C19H24N2O4S. The highest BCUT2D eigenvalue weighted by atomic mass is 32.2. The summed E-state index contributed by atoms with van der Waals surface area (Å²) in [6.07, 6.45) is 1.04. The first-order chi connectivity index (χ1) is 12.5. The van der Waals surface area contributed by atoms with E-state index in [4.69, 9.17) is 4.74 Å². The van der Waals surface area contributed by atoms with Crippen LogP contribution in [0.15, 0.2) is 59.5 Å². The Morgan fingerprint density at radius 2 is 1.73 bits per heavy atom. The Morgan fingerprint density at radius 1 is 1.08 bits per heavy atom. The van der Waals surface area contributed by atoms with Crippen molar-refractivity contribution >= 4 is 15.9 Å². The normalized spacial score (nSPS) is 12.4.